The van der Waals surface area contributed by atoms with E-state index in [9.17, 15) is 9.59 Å². The van der Waals surface area contributed by atoms with Gasteiger partial charge < -0.3 is 16.0 Å². The van der Waals surface area contributed by atoms with Crippen LogP contribution in [-0.4, -0.2) is 41.3 Å². The Kier molecular flexibility index (Phi) is 4.11. The van der Waals surface area contributed by atoms with Gasteiger partial charge in [-0.1, -0.05) is 24.4 Å². The van der Waals surface area contributed by atoms with Gasteiger partial charge in [-0.05, 0) is 18.6 Å². The van der Waals surface area contributed by atoms with Crippen LogP contribution in [0, 0.1) is 0 Å². The zero-order valence-electron chi connectivity index (χ0n) is 10.4. The summed E-state index contributed by atoms with van der Waals surface area (Å²) in [5.41, 5.74) is 6.76. The van der Waals surface area contributed by atoms with Gasteiger partial charge in [0.05, 0.1) is 6.54 Å². The number of amides is 2. The molecule has 1 fully saturated rings. The third-order valence-electron chi connectivity index (χ3n) is 2.97. The van der Waals surface area contributed by atoms with Crippen molar-refractivity contribution in [1.82, 2.24) is 10.2 Å². The molecule has 1 heterocycles. The highest BCUT2D eigenvalue weighted by Gasteiger charge is 2.20. The molecular weight excluding hydrogens is 262 g/mol. The van der Waals surface area contributed by atoms with E-state index in [1.54, 1.807) is 29.2 Å². The van der Waals surface area contributed by atoms with Gasteiger partial charge in [-0.3, -0.25) is 9.59 Å². The van der Waals surface area contributed by atoms with E-state index in [0.29, 0.717) is 23.6 Å². The van der Waals surface area contributed by atoms with E-state index >= 15 is 0 Å². The number of nitrogens with one attached hydrogen (secondary N) is 1. The van der Waals surface area contributed by atoms with Crippen molar-refractivity contribution in [3.63, 3.8) is 0 Å². The summed E-state index contributed by atoms with van der Waals surface area (Å²) in [5, 5.41) is 2.74. The van der Waals surface area contributed by atoms with Crippen LogP contribution in [0.15, 0.2) is 24.3 Å². The molecule has 19 heavy (non-hydrogen) atoms. The largest absolute Gasteiger partial charge is 0.389 e. The number of thiocarbonyl (C=S) groups is 1. The molecule has 1 aromatic carbocycles. The van der Waals surface area contributed by atoms with Crippen LogP contribution in [0.5, 0.6) is 0 Å². The van der Waals surface area contributed by atoms with Crippen molar-refractivity contribution >= 4 is 29.0 Å². The first-order chi connectivity index (χ1) is 9.08. The molecule has 100 valence electrons. The monoisotopic (exact) mass is 277 g/mol. The molecule has 1 saturated heterocycles. The van der Waals surface area contributed by atoms with Crippen LogP contribution in [0.25, 0.3) is 0 Å². The first-order valence-electron chi connectivity index (χ1n) is 6.04. The van der Waals surface area contributed by atoms with Crippen molar-refractivity contribution in [2.75, 3.05) is 19.6 Å². The lowest BCUT2D eigenvalue weighted by atomic mass is 10.1. The second-order valence-corrected chi connectivity index (χ2v) is 4.81. The van der Waals surface area contributed by atoms with Crippen LogP contribution in [0.1, 0.15) is 22.3 Å². The van der Waals surface area contributed by atoms with E-state index in [1.165, 1.54) is 0 Å². The number of benzene rings is 1. The maximum absolute atomic E-state index is 12.3. The van der Waals surface area contributed by atoms with Gasteiger partial charge in [0.1, 0.15) is 4.99 Å². The molecule has 0 unspecified atom stereocenters. The van der Waals surface area contributed by atoms with Crippen molar-refractivity contribution in [3.05, 3.63) is 35.4 Å². The van der Waals surface area contributed by atoms with E-state index in [-0.39, 0.29) is 18.4 Å². The number of hydrogen-bond acceptors (Lipinski definition) is 3. The smallest absolute Gasteiger partial charge is 0.254 e. The van der Waals surface area contributed by atoms with Crippen LogP contribution in [0.2, 0.25) is 0 Å². The first kappa shape index (κ1) is 13.5. The Morgan fingerprint density at radius 2 is 1.89 bits per heavy atom. The average Bonchev–Trinajstić information content (AvgIpc) is 2.62. The summed E-state index contributed by atoms with van der Waals surface area (Å²) in [5.74, 6) is -0.267. The van der Waals surface area contributed by atoms with E-state index in [0.717, 1.165) is 12.0 Å². The fraction of sp³-hybridized carbons (Fsp3) is 0.308. The van der Waals surface area contributed by atoms with Crippen molar-refractivity contribution in [2.24, 2.45) is 5.73 Å². The summed E-state index contributed by atoms with van der Waals surface area (Å²) < 4.78 is 0. The van der Waals surface area contributed by atoms with Gasteiger partial charge in [0.15, 0.2) is 0 Å². The standard InChI is InChI=1S/C13H15N3O2S/c14-12(19)9-2-4-10(5-3-9)13(18)16-7-1-6-15-11(17)8-16/h2-5H,1,6-8H2,(H2,14,19)(H,15,17). The van der Waals surface area contributed by atoms with Crippen LogP contribution in [-0.2, 0) is 4.79 Å². The zero-order chi connectivity index (χ0) is 13.8. The first-order valence-corrected chi connectivity index (χ1v) is 6.44. The average molecular weight is 277 g/mol. The minimum absolute atomic E-state index is 0.107. The fourth-order valence-corrected chi connectivity index (χ4v) is 2.08. The predicted molar refractivity (Wildman–Crippen MR) is 75.9 cm³/mol. The summed E-state index contributed by atoms with van der Waals surface area (Å²) in [4.78, 5) is 25.5. The van der Waals surface area contributed by atoms with Gasteiger partial charge >= 0.3 is 0 Å². The van der Waals surface area contributed by atoms with Crippen LogP contribution >= 0.6 is 12.2 Å². The highest BCUT2D eigenvalue weighted by molar-refractivity contribution is 7.80. The summed E-state index contributed by atoms with van der Waals surface area (Å²) in [6.07, 6.45) is 0.766. The fourth-order valence-electron chi connectivity index (χ4n) is 1.94. The van der Waals surface area contributed by atoms with Crippen molar-refractivity contribution in [1.29, 1.82) is 0 Å². The van der Waals surface area contributed by atoms with Crippen molar-refractivity contribution in [2.45, 2.75) is 6.42 Å². The Bertz CT molecular complexity index is 513. The molecule has 1 aliphatic rings. The lowest BCUT2D eigenvalue weighted by molar-refractivity contribution is -0.121. The predicted octanol–water partition coefficient (Wildman–Crippen LogP) is 0.283. The Hall–Kier alpha value is -1.95. The number of carbonyl (C=O) groups is 2. The normalized spacial score (nSPS) is 15.6. The topological polar surface area (TPSA) is 75.4 Å². The SMILES string of the molecule is NC(=S)c1ccc(C(=O)N2CCCNC(=O)C2)cc1. The molecule has 0 aliphatic carbocycles. The van der Waals surface area contributed by atoms with Crippen LogP contribution in [0.3, 0.4) is 0 Å². The minimum Gasteiger partial charge on any atom is -0.389 e. The van der Waals surface area contributed by atoms with Gasteiger partial charge in [-0.25, -0.2) is 0 Å². The second-order valence-electron chi connectivity index (χ2n) is 4.37. The number of nitrogens with zero attached hydrogens (tertiary/aromatic N) is 1. The molecule has 0 bridgehead atoms. The van der Waals surface area contributed by atoms with E-state index in [4.69, 9.17) is 18.0 Å². The van der Waals surface area contributed by atoms with Crippen LogP contribution in [0.4, 0.5) is 0 Å². The summed E-state index contributed by atoms with van der Waals surface area (Å²) in [7, 11) is 0. The zero-order valence-corrected chi connectivity index (χ0v) is 11.2. The number of carbonyl (C=O) groups excluding carboxylic acids is 2. The highest BCUT2D eigenvalue weighted by atomic mass is 32.1. The molecule has 0 radical (unpaired) electrons. The van der Waals surface area contributed by atoms with E-state index in [2.05, 4.69) is 5.32 Å². The molecule has 1 aliphatic heterocycles. The second kappa shape index (κ2) is 5.79. The van der Waals surface area contributed by atoms with Crippen LogP contribution < -0.4 is 11.1 Å². The molecule has 0 atom stereocenters. The molecule has 1 aromatic rings. The van der Waals surface area contributed by atoms with Gasteiger partial charge in [-0.15, -0.1) is 0 Å². The van der Waals surface area contributed by atoms with Gasteiger partial charge in [0.2, 0.25) is 5.91 Å². The number of hydrogen-bond donors (Lipinski definition) is 2. The number of nitrogens with two attached hydrogens (primary N) is 1. The molecular formula is C13H15N3O2S. The molecule has 5 nitrogen and oxygen atoms in total. The third-order valence-corrected chi connectivity index (χ3v) is 3.20. The molecule has 6 heteroatoms. The Morgan fingerprint density at radius 3 is 2.53 bits per heavy atom. The summed E-state index contributed by atoms with van der Waals surface area (Å²) in [6.45, 7) is 1.30. The molecule has 0 aromatic heterocycles. The molecule has 3 N–H and O–H groups in total. The highest BCUT2D eigenvalue weighted by Crippen LogP contribution is 2.09. The van der Waals surface area contributed by atoms with Gasteiger partial charge in [-0.2, -0.15) is 0 Å². The maximum Gasteiger partial charge on any atom is 0.254 e. The third kappa shape index (κ3) is 3.29. The van der Waals surface area contributed by atoms with Crippen molar-refractivity contribution < 1.29 is 9.59 Å². The Balaban J connectivity index is 2.14. The van der Waals surface area contributed by atoms with E-state index < -0.39 is 0 Å². The molecule has 2 amide bonds. The van der Waals surface area contributed by atoms with E-state index in [1.807, 2.05) is 0 Å². The summed E-state index contributed by atoms with van der Waals surface area (Å²) in [6, 6.07) is 6.79. The lowest BCUT2D eigenvalue weighted by Crippen LogP contribution is -2.37. The Morgan fingerprint density at radius 1 is 1.26 bits per heavy atom. The minimum atomic E-state index is -0.147. The summed E-state index contributed by atoms with van der Waals surface area (Å²) >= 11 is 4.86. The molecule has 0 saturated carbocycles. The van der Waals surface area contributed by atoms with Crippen molar-refractivity contribution in [3.8, 4) is 0 Å². The lowest BCUT2D eigenvalue weighted by Gasteiger charge is -2.19. The maximum atomic E-state index is 12.3. The Labute approximate surface area is 116 Å². The number of rotatable bonds is 2. The van der Waals surface area contributed by atoms with Gasteiger partial charge in [0.25, 0.3) is 5.91 Å². The molecule has 0 spiro atoms. The molecule has 2 rings (SSSR count). The quantitative estimate of drug-likeness (QED) is 0.762. The van der Waals surface area contributed by atoms with Gasteiger partial charge in [0, 0.05) is 24.2 Å².